The highest BCUT2D eigenvalue weighted by atomic mass is 19.1. The smallest absolute Gasteiger partial charge is 0.187 e. The topological polar surface area (TPSA) is 46.2 Å². The number of rotatable bonds is 4. The van der Waals surface area contributed by atoms with E-state index >= 15 is 0 Å². The Morgan fingerprint density at radius 3 is 2.21 bits per heavy atom. The van der Waals surface area contributed by atoms with E-state index in [0.717, 1.165) is 25.0 Å². The molecule has 2 nitrogen and oxygen atoms in total. The normalized spacial score (nSPS) is 10.5. The van der Waals surface area contributed by atoms with Crippen molar-refractivity contribution in [3.05, 3.63) is 29.3 Å². The molecule has 0 heterocycles. The summed E-state index contributed by atoms with van der Waals surface area (Å²) in [7, 11) is 0. The Labute approximate surface area is 81.4 Å². The van der Waals surface area contributed by atoms with Crippen LogP contribution in [0.1, 0.15) is 18.4 Å². The summed E-state index contributed by atoms with van der Waals surface area (Å²) in [6.45, 7) is 0.572. The number of phenolic OH excluding ortho intramolecular Hbond substituents is 1. The molecule has 78 valence electrons. The van der Waals surface area contributed by atoms with Gasteiger partial charge in [0.05, 0.1) is 0 Å². The van der Waals surface area contributed by atoms with Gasteiger partial charge in [0.25, 0.3) is 0 Å². The van der Waals surface area contributed by atoms with Gasteiger partial charge in [-0.15, -0.1) is 0 Å². The predicted molar refractivity (Wildman–Crippen MR) is 50.0 cm³/mol. The number of hydrogen-bond acceptors (Lipinski definition) is 2. The van der Waals surface area contributed by atoms with Gasteiger partial charge in [0.15, 0.2) is 17.4 Å². The number of hydrogen-bond donors (Lipinski definition) is 2. The SMILES string of the molecule is NCCCCc1cc(F)c(O)c(F)c1. The summed E-state index contributed by atoms with van der Waals surface area (Å²) in [6, 6.07) is 2.30. The van der Waals surface area contributed by atoms with Crippen LogP contribution in [0.2, 0.25) is 0 Å². The highest BCUT2D eigenvalue weighted by Gasteiger charge is 2.08. The summed E-state index contributed by atoms with van der Waals surface area (Å²) in [5.74, 6) is -2.73. The largest absolute Gasteiger partial charge is 0.503 e. The molecule has 0 aliphatic rings. The number of nitrogens with two attached hydrogens (primary N) is 1. The second kappa shape index (κ2) is 4.91. The van der Waals surface area contributed by atoms with Crippen LogP contribution in [0, 0.1) is 11.6 Å². The Balaban J connectivity index is 2.69. The standard InChI is InChI=1S/C10H13F2NO/c11-8-5-7(3-1-2-4-13)6-9(12)10(8)14/h5-6,14H,1-4,13H2. The van der Waals surface area contributed by atoms with Crippen LogP contribution < -0.4 is 5.73 Å². The molecule has 3 N–H and O–H groups in total. The molecule has 0 unspecified atom stereocenters. The average Bonchev–Trinajstić information content (AvgIpc) is 2.14. The van der Waals surface area contributed by atoms with E-state index in [9.17, 15) is 8.78 Å². The molecule has 4 heteroatoms. The van der Waals surface area contributed by atoms with Crippen LogP contribution >= 0.6 is 0 Å². The molecule has 0 bridgehead atoms. The summed E-state index contributed by atoms with van der Waals surface area (Å²) < 4.78 is 25.7. The minimum Gasteiger partial charge on any atom is -0.503 e. The first-order chi connectivity index (χ1) is 6.65. The Kier molecular flexibility index (Phi) is 3.83. The molecular weight excluding hydrogens is 188 g/mol. The molecule has 0 aliphatic carbocycles. The number of halogens is 2. The van der Waals surface area contributed by atoms with Crippen molar-refractivity contribution < 1.29 is 13.9 Å². The molecule has 0 amide bonds. The molecule has 0 aromatic heterocycles. The Morgan fingerprint density at radius 1 is 1.14 bits per heavy atom. The lowest BCUT2D eigenvalue weighted by atomic mass is 10.1. The molecule has 0 spiro atoms. The van der Waals surface area contributed by atoms with E-state index in [4.69, 9.17) is 10.8 Å². The number of unbranched alkanes of at least 4 members (excludes halogenated alkanes) is 1. The minimum atomic E-state index is -0.910. The van der Waals surface area contributed by atoms with Crippen LogP contribution in [-0.4, -0.2) is 11.7 Å². The van der Waals surface area contributed by atoms with E-state index in [0.29, 0.717) is 18.5 Å². The van der Waals surface area contributed by atoms with Crippen molar-refractivity contribution in [1.29, 1.82) is 0 Å². The average molecular weight is 201 g/mol. The molecule has 0 saturated heterocycles. The highest BCUT2D eigenvalue weighted by Crippen LogP contribution is 2.22. The van der Waals surface area contributed by atoms with Gasteiger partial charge in [0, 0.05) is 0 Å². The summed E-state index contributed by atoms with van der Waals surface area (Å²) >= 11 is 0. The van der Waals surface area contributed by atoms with Crippen LogP contribution in [0.15, 0.2) is 12.1 Å². The second-order valence-corrected chi connectivity index (χ2v) is 3.15. The lowest BCUT2D eigenvalue weighted by molar-refractivity contribution is 0.395. The predicted octanol–water partition coefficient (Wildman–Crippen LogP) is 1.95. The van der Waals surface area contributed by atoms with Crippen LogP contribution in [-0.2, 0) is 6.42 Å². The van der Waals surface area contributed by atoms with Crippen molar-refractivity contribution in [2.45, 2.75) is 19.3 Å². The first-order valence-electron chi connectivity index (χ1n) is 4.52. The Hall–Kier alpha value is -1.16. The van der Waals surface area contributed by atoms with Gasteiger partial charge in [-0.1, -0.05) is 0 Å². The lowest BCUT2D eigenvalue weighted by Crippen LogP contribution is -1.99. The third-order valence-corrected chi connectivity index (χ3v) is 2.00. The summed E-state index contributed by atoms with van der Waals surface area (Å²) in [4.78, 5) is 0. The molecule has 1 rings (SSSR count). The Morgan fingerprint density at radius 2 is 1.71 bits per heavy atom. The summed E-state index contributed by atoms with van der Waals surface area (Å²) in [5.41, 5.74) is 5.84. The van der Waals surface area contributed by atoms with Gasteiger partial charge in [0.2, 0.25) is 0 Å². The minimum absolute atomic E-state index is 0.547. The van der Waals surface area contributed by atoms with Gasteiger partial charge in [-0.2, -0.15) is 0 Å². The summed E-state index contributed by atoms with van der Waals surface area (Å²) in [6.07, 6.45) is 2.19. The molecule has 0 radical (unpaired) electrons. The maximum Gasteiger partial charge on any atom is 0.187 e. The number of aryl methyl sites for hydroxylation is 1. The van der Waals surface area contributed by atoms with Gasteiger partial charge in [-0.25, -0.2) is 8.78 Å². The van der Waals surface area contributed by atoms with E-state index in [1.54, 1.807) is 0 Å². The number of benzene rings is 1. The molecule has 0 fully saturated rings. The molecular formula is C10H13F2NO. The van der Waals surface area contributed by atoms with Gasteiger partial charge >= 0.3 is 0 Å². The first-order valence-corrected chi connectivity index (χ1v) is 4.52. The van der Waals surface area contributed by atoms with Crippen molar-refractivity contribution >= 4 is 0 Å². The van der Waals surface area contributed by atoms with Gasteiger partial charge in [-0.05, 0) is 43.5 Å². The maximum absolute atomic E-state index is 12.8. The summed E-state index contributed by atoms with van der Waals surface area (Å²) in [5, 5.41) is 8.83. The van der Waals surface area contributed by atoms with E-state index in [1.165, 1.54) is 0 Å². The van der Waals surface area contributed by atoms with E-state index in [1.807, 2.05) is 0 Å². The zero-order valence-corrected chi connectivity index (χ0v) is 7.76. The molecule has 1 aromatic rings. The van der Waals surface area contributed by atoms with Gasteiger partial charge in [0.1, 0.15) is 0 Å². The lowest BCUT2D eigenvalue weighted by Gasteiger charge is -2.03. The third-order valence-electron chi connectivity index (χ3n) is 2.00. The third kappa shape index (κ3) is 2.67. The van der Waals surface area contributed by atoms with Crippen molar-refractivity contribution in [2.24, 2.45) is 5.73 Å². The van der Waals surface area contributed by atoms with Crippen molar-refractivity contribution in [1.82, 2.24) is 0 Å². The van der Waals surface area contributed by atoms with Crippen LogP contribution in [0.5, 0.6) is 5.75 Å². The zero-order chi connectivity index (χ0) is 10.6. The molecule has 0 aliphatic heterocycles. The van der Waals surface area contributed by atoms with Crippen molar-refractivity contribution in [2.75, 3.05) is 6.54 Å². The van der Waals surface area contributed by atoms with Crippen LogP contribution in [0.25, 0.3) is 0 Å². The fourth-order valence-electron chi connectivity index (χ4n) is 1.24. The van der Waals surface area contributed by atoms with E-state index < -0.39 is 17.4 Å². The molecule has 1 aromatic carbocycles. The van der Waals surface area contributed by atoms with Crippen LogP contribution in [0.3, 0.4) is 0 Å². The second-order valence-electron chi connectivity index (χ2n) is 3.15. The number of phenols is 1. The van der Waals surface area contributed by atoms with E-state index in [-0.39, 0.29) is 0 Å². The quantitative estimate of drug-likeness (QED) is 0.731. The van der Waals surface area contributed by atoms with Crippen molar-refractivity contribution in [3.8, 4) is 5.75 Å². The van der Waals surface area contributed by atoms with E-state index in [2.05, 4.69) is 0 Å². The maximum atomic E-state index is 12.8. The zero-order valence-electron chi connectivity index (χ0n) is 7.76. The monoisotopic (exact) mass is 201 g/mol. The Bertz CT molecular complexity index is 292. The highest BCUT2D eigenvalue weighted by molar-refractivity contribution is 5.30. The van der Waals surface area contributed by atoms with Crippen molar-refractivity contribution in [3.63, 3.8) is 0 Å². The van der Waals surface area contributed by atoms with Gasteiger partial charge in [-0.3, -0.25) is 0 Å². The molecule has 0 atom stereocenters. The fraction of sp³-hybridized carbons (Fsp3) is 0.400. The van der Waals surface area contributed by atoms with Gasteiger partial charge < -0.3 is 10.8 Å². The molecule has 14 heavy (non-hydrogen) atoms. The molecule has 0 saturated carbocycles. The van der Waals surface area contributed by atoms with Crippen LogP contribution in [0.4, 0.5) is 8.78 Å². The number of aromatic hydroxyl groups is 1. The first kappa shape index (κ1) is 10.9. The fourth-order valence-corrected chi connectivity index (χ4v) is 1.24.